The standard InChI is InChI=1S/C22H29NO2/c1-5-25-15-20-21(23(2)3)14-11-17-7-6-8-19(22(17)20)16-9-12-18(24-4)13-10-16/h6-10,12-13,20-21H,5,11,14-15H2,1-4H3/t20?,21-/m1/s1. The zero-order valence-corrected chi connectivity index (χ0v) is 15.8. The third-order valence-corrected chi connectivity index (χ3v) is 5.31. The number of ether oxygens (including phenoxy) is 2. The molecule has 2 atom stereocenters. The molecule has 1 unspecified atom stereocenters. The summed E-state index contributed by atoms with van der Waals surface area (Å²) in [4.78, 5) is 2.36. The highest BCUT2D eigenvalue weighted by atomic mass is 16.5. The van der Waals surface area contributed by atoms with Gasteiger partial charge in [0.15, 0.2) is 0 Å². The van der Waals surface area contributed by atoms with Crippen LogP contribution < -0.4 is 4.74 Å². The number of aryl methyl sites for hydroxylation is 1. The molecule has 1 aliphatic carbocycles. The van der Waals surface area contributed by atoms with Gasteiger partial charge in [0.2, 0.25) is 0 Å². The van der Waals surface area contributed by atoms with Gasteiger partial charge in [0.25, 0.3) is 0 Å². The Morgan fingerprint density at radius 3 is 2.48 bits per heavy atom. The van der Waals surface area contributed by atoms with E-state index in [0.717, 1.165) is 25.4 Å². The number of hydrogen-bond acceptors (Lipinski definition) is 3. The lowest BCUT2D eigenvalue weighted by atomic mass is 9.75. The molecule has 0 saturated carbocycles. The summed E-state index contributed by atoms with van der Waals surface area (Å²) in [6.07, 6.45) is 2.31. The van der Waals surface area contributed by atoms with Crippen LogP contribution in [-0.4, -0.2) is 45.4 Å². The number of rotatable bonds is 6. The molecule has 0 aliphatic heterocycles. The van der Waals surface area contributed by atoms with Gasteiger partial charge in [-0.3, -0.25) is 0 Å². The Labute approximate surface area is 151 Å². The predicted molar refractivity (Wildman–Crippen MR) is 103 cm³/mol. The van der Waals surface area contributed by atoms with Crippen molar-refractivity contribution in [3.63, 3.8) is 0 Å². The van der Waals surface area contributed by atoms with Crippen molar-refractivity contribution in [2.75, 3.05) is 34.4 Å². The zero-order valence-electron chi connectivity index (χ0n) is 15.8. The summed E-state index contributed by atoms with van der Waals surface area (Å²) in [6, 6.07) is 15.6. The Balaban J connectivity index is 2.06. The van der Waals surface area contributed by atoms with E-state index in [1.165, 1.54) is 28.7 Å². The first-order valence-corrected chi connectivity index (χ1v) is 9.16. The van der Waals surface area contributed by atoms with Gasteiger partial charge < -0.3 is 14.4 Å². The predicted octanol–water partition coefficient (Wildman–Crippen LogP) is 4.36. The highest BCUT2D eigenvalue weighted by Crippen LogP contribution is 2.40. The van der Waals surface area contributed by atoms with Crippen LogP contribution in [0.4, 0.5) is 0 Å². The minimum absolute atomic E-state index is 0.400. The van der Waals surface area contributed by atoms with Crippen LogP contribution in [0, 0.1) is 0 Å². The monoisotopic (exact) mass is 339 g/mol. The van der Waals surface area contributed by atoms with E-state index < -0.39 is 0 Å². The maximum atomic E-state index is 5.89. The molecule has 3 heteroatoms. The van der Waals surface area contributed by atoms with Gasteiger partial charge in [-0.1, -0.05) is 30.3 Å². The van der Waals surface area contributed by atoms with Crippen molar-refractivity contribution < 1.29 is 9.47 Å². The van der Waals surface area contributed by atoms with E-state index in [0.29, 0.717) is 12.0 Å². The van der Waals surface area contributed by atoms with Gasteiger partial charge in [-0.15, -0.1) is 0 Å². The van der Waals surface area contributed by atoms with Crippen LogP contribution in [0.5, 0.6) is 5.75 Å². The molecule has 2 aromatic carbocycles. The number of fused-ring (bicyclic) bond motifs is 1. The number of nitrogens with zero attached hydrogens (tertiary/aromatic N) is 1. The molecule has 0 bridgehead atoms. The highest BCUT2D eigenvalue weighted by molar-refractivity contribution is 5.71. The topological polar surface area (TPSA) is 21.7 Å². The SMILES string of the molecule is CCOCC1c2c(cccc2-c2ccc(OC)cc2)CC[C@H]1N(C)C. The van der Waals surface area contributed by atoms with Crippen molar-refractivity contribution in [1.29, 1.82) is 0 Å². The molecule has 1 aliphatic rings. The largest absolute Gasteiger partial charge is 0.497 e. The van der Waals surface area contributed by atoms with Gasteiger partial charge >= 0.3 is 0 Å². The minimum atomic E-state index is 0.400. The van der Waals surface area contributed by atoms with Crippen LogP contribution >= 0.6 is 0 Å². The van der Waals surface area contributed by atoms with E-state index in [4.69, 9.17) is 9.47 Å². The van der Waals surface area contributed by atoms with E-state index in [-0.39, 0.29) is 0 Å². The Morgan fingerprint density at radius 2 is 1.84 bits per heavy atom. The fourth-order valence-corrected chi connectivity index (χ4v) is 4.05. The number of likely N-dealkylation sites (N-methyl/N-ethyl adjacent to an activating group) is 1. The lowest BCUT2D eigenvalue weighted by Crippen LogP contribution is -2.39. The molecule has 0 N–H and O–H groups in total. The molecular weight excluding hydrogens is 310 g/mol. The highest BCUT2D eigenvalue weighted by Gasteiger charge is 2.33. The summed E-state index contributed by atoms with van der Waals surface area (Å²) in [5, 5.41) is 0. The third kappa shape index (κ3) is 3.73. The third-order valence-electron chi connectivity index (χ3n) is 5.31. The van der Waals surface area contributed by atoms with Crippen molar-refractivity contribution in [3.8, 4) is 16.9 Å². The van der Waals surface area contributed by atoms with E-state index in [2.05, 4.69) is 56.3 Å². The van der Waals surface area contributed by atoms with Gasteiger partial charge in [0.05, 0.1) is 13.7 Å². The van der Waals surface area contributed by atoms with Crippen molar-refractivity contribution in [1.82, 2.24) is 4.90 Å². The Kier molecular flexibility index (Phi) is 5.77. The first-order valence-electron chi connectivity index (χ1n) is 9.16. The first-order chi connectivity index (χ1) is 12.2. The number of benzene rings is 2. The lowest BCUT2D eigenvalue weighted by Gasteiger charge is -2.38. The van der Waals surface area contributed by atoms with Crippen molar-refractivity contribution in [2.24, 2.45) is 0 Å². The number of hydrogen-bond donors (Lipinski definition) is 0. The van der Waals surface area contributed by atoms with Crippen molar-refractivity contribution in [3.05, 3.63) is 53.6 Å². The summed E-state index contributed by atoms with van der Waals surface area (Å²) in [5.74, 6) is 1.29. The second-order valence-electron chi connectivity index (χ2n) is 6.94. The Bertz CT molecular complexity index is 694. The van der Waals surface area contributed by atoms with Crippen LogP contribution in [-0.2, 0) is 11.2 Å². The van der Waals surface area contributed by atoms with Crippen molar-refractivity contribution >= 4 is 0 Å². The number of methoxy groups -OCH3 is 1. The van der Waals surface area contributed by atoms with Gasteiger partial charge in [-0.2, -0.15) is 0 Å². The van der Waals surface area contributed by atoms with E-state index in [1.54, 1.807) is 7.11 Å². The van der Waals surface area contributed by atoms with E-state index in [9.17, 15) is 0 Å². The van der Waals surface area contributed by atoms with Gasteiger partial charge in [0, 0.05) is 18.6 Å². The molecule has 134 valence electrons. The van der Waals surface area contributed by atoms with Crippen LogP contribution in [0.2, 0.25) is 0 Å². The molecule has 25 heavy (non-hydrogen) atoms. The molecule has 0 saturated heterocycles. The van der Waals surface area contributed by atoms with Crippen LogP contribution in [0.25, 0.3) is 11.1 Å². The smallest absolute Gasteiger partial charge is 0.118 e. The first kappa shape index (κ1) is 18.0. The molecule has 2 aromatic rings. The van der Waals surface area contributed by atoms with E-state index >= 15 is 0 Å². The average Bonchev–Trinajstić information content (AvgIpc) is 2.65. The summed E-state index contributed by atoms with van der Waals surface area (Å²) in [7, 11) is 6.08. The molecule has 3 rings (SSSR count). The summed E-state index contributed by atoms with van der Waals surface area (Å²) in [6.45, 7) is 3.61. The Hall–Kier alpha value is -1.84. The lowest BCUT2D eigenvalue weighted by molar-refractivity contribution is 0.0947. The van der Waals surface area contributed by atoms with Gasteiger partial charge in [-0.05, 0) is 68.2 Å². The van der Waals surface area contributed by atoms with Crippen LogP contribution in [0.1, 0.15) is 30.4 Å². The molecule has 0 spiro atoms. The van der Waals surface area contributed by atoms with Gasteiger partial charge in [-0.25, -0.2) is 0 Å². The summed E-state index contributed by atoms with van der Waals surface area (Å²) < 4.78 is 11.2. The Morgan fingerprint density at radius 1 is 1.08 bits per heavy atom. The maximum absolute atomic E-state index is 5.89. The van der Waals surface area contributed by atoms with Crippen LogP contribution in [0.3, 0.4) is 0 Å². The second-order valence-corrected chi connectivity index (χ2v) is 6.94. The molecule has 0 aromatic heterocycles. The van der Waals surface area contributed by atoms with Crippen molar-refractivity contribution in [2.45, 2.75) is 31.7 Å². The van der Waals surface area contributed by atoms with Crippen LogP contribution in [0.15, 0.2) is 42.5 Å². The second kappa shape index (κ2) is 8.03. The quantitative estimate of drug-likeness (QED) is 0.780. The fourth-order valence-electron chi connectivity index (χ4n) is 4.05. The molecule has 0 amide bonds. The zero-order chi connectivity index (χ0) is 17.8. The summed E-state index contributed by atoms with van der Waals surface area (Å²) >= 11 is 0. The minimum Gasteiger partial charge on any atom is -0.497 e. The van der Waals surface area contributed by atoms with E-state index in [1.807, 2.05) is 12.1 Å². The maximum Gasteiger partial charge on any atom is 0.118 e. The normalized spacial score (nSPS) is 19.7. The van der Waals surface area contributed by atoms with Gasteiger partial charge in [0.1, 0.15) is 5.75 Å². The molecule has 0 heterocycles. The summed E-state index contributed by atoms with van der Waals surface area (Å²) in [5.41, 5.74) is 5.51. The molecule has 0 fully saturated rings. The molecular formula is C22H29NO2. The molecule has 0 radical (unpaired) electrons. The fraction of sp³-hybridized carbons (Fsp3) is 0.455. The molecule has 3 nitrogen and oxygen atoms in total. The average molecular weight is 339 g/mol.